The molecule has 202 valence electrons. The number of fused-ring (bicyclic) bond motifs is 2. The highest BCUT2D eigenvalue weighted by Crippen LogP contribution is 2.58. The van der Waals surface area contributed by atoms with Crippen molar-refractivity contribution in [2.24, 2.45) is 0 Å². The molecule has 0 bridgehead atoms. The van der Waals surface area contributed by atoms with Crippen LogP contribution in [0.15, 0.2) is 89.4 Å². The molecule has 4 aromatic carbocycles. The number of halogens is 3. The fraction of sp³-hybridized carbons (Fsp3) is 0.161. The van der Waals surface area contributed by atoms with Crippen LogP contribution in [0.4, 0.5) is 5.69 Å². The Labute approximate surface area is 249 Å². The number of amides is 2. The van der Waals surface area contributed by atoms with E-state index in [4.69, 9.17) is 32.7 Å². The van der Waals surface area contributed by atoms with Crippen molar-refractivity contribution < 1.29 is 19.1 Å². The predicted molar refractivity (Wildman–Crippen MR) is 159 cm³/mol. The van der Waals surface area contributed by atoms with E-state index < -0.39 is 17.4 Å². The number of piperidine rings is 1. The highest BCUT2D eigenvalue weighted by Gasteiger charge is 2.61. The Morgan fingerprint density at radius 2 is 1.65 bits per heavy atom. The standard InChI is InChI=1S/C31H23BrCl2N2O4/c1-39-21-7-9-22(10-8-21)40-27-12-5-18(32)14-23(27)29-31(24-11-6-20(34)15-26(24)35-30(31)38)25(16-28(37)36-29)17-3-2-4-19(33)13-17/h2-15,25,29H,16H2,1H3,(H,35,38)(H,36,37)/t25-,29+,31-/m0/s1. The van der Waals surface area contributed by atoms with Crippen molar-refractivity contribution in [2.45, 2.75) is 23.8 Å². The molecule has 0 saturated carbocycles. The molecule has 6 rings (SSSR count). The molecule has 40 heavy (non-hydrogen) atoms. The van der Waals surface area contributed by atoms with Crippen LogP contribution >= 0.6 is 39.1 Å². The molecule has 0 unspecified atom stereocenters. The molecule has 3 atom stereocenters. The number of benzene rings is 4. The number of ether oxygens (including phenoxy) is 2. The lowest BCUT2D eigenvalue weighted by Gasteiger charge is -2.46. The highest BCUT2D eigenvalue weighted by molar-refractivity contribution is 9.10. The van der Waals surface area contributed by atoms with Crippen molar-refractivity contribution in [3.05, 3.63) is 116 Å². The lowest BCUT2D eigenvalue weighted by molar-refractivity contribution is -0.131. The second-order valence-corrected chi connectivity index (χ2v) is 11.6. The first-order valence-corrected chi connectivity index (χ1v) is 14.1. The molecule has 2 N–H and O–H groups in total. The summed E-state index contributed by atoms with van der Waals surface area (Å²) >= 11 is 16.3. The number of methoxy groups -OCH3 is 1. The molecule has 2 aliphatic heterocycles. The van der Waals surface area contributed by atoms with Gasteiger partial charge in [-0.25, -0.2) is 0 Å². The van der Waals surface area contributed by atoms with Crippen molar-refractivity contribution in [1.82, 2.24) is 5.32 Å². The summed E-state index contributed by atoms with van der Waals surface area (Å²) in [5.74, 6) is 0.820. The summed E-state index contributed by atoms with van der Waals surface area (Å²) in [6.45, 7) is 0. The van der Waals surface area contributed by atoms with Gasteiger partial charge in [0.05, 0.1) is 13.2 Å². The molecule has 1 saturated heterocycles. The normalized spacial score (nSPS) is 21.5. The van der Waals surface area contributed by atoms with Crippen LogP contribution in [0.3, 0.4) is 0 Å². The van der Waals surface area contributed by atoms with Gasteiger partial charge in [0.2, 0.25) is 11.8 Å². The summed E-state index contributed by atoms with van der Waals surface area (Å²) in [7, 11) is 1.60. The van der Waals surface area contributed by atoms with Gasteiger partial charge in [-0.2, -0.15) is 0 Å². The zero-order valence-corrected chi connectivity index (χ0v) is 24.3. The minimum Gasteiger partial charge on any atom is -0.497 e. The van der Waals surface area contributed by atoms with Gasteiger partial charge in [-0.15, -0.1) is 0 Å². The van der Waals surface area contributed by atoms with E-state index in [0.29, 0.717) is 38.5 Å². The minimum atomic E-state index is -1.22. The number of nitrogens with one attached hydrogen (secondary N) is 2. The van der Waals surface area contributed by atoms with Gasteiger partial charge in [0.1, 0.15) is 22.7 Å². The Hall–Kier alpha value is -3.52. The molecule has 1 spiro atoms. The second-order valence-electron chi connectivity index (χ2n) is 9.79. The van der Waals surface area contributed by atoms with Gasteiger partial charge in [-0.3, -0.25) is 9.59 Å². The van der Waals surface area contributed by atoms with Gasteiger partial charge < -0.3 is 20.1 Å². The van der Waals surface area contributed by atoms with Crippen LogP contribution in [-0.2, 0) is 15.0 Å². The molecule has 6 nitrogen and oxygen atoms in total. The van der Waals surface area contributed by atoms with Crippen LogP contribution < -0.4 is 20.1 Å². The van der Waals surface area contributed by atoms with E-state index in [-0.39, 0.29) is 18.2 Å². The third kappa shape index (κ3) is 4.52. The zero-order valence-electron chi connectivity index (χ0n) is 21.2. The second kappa shape index (κ2) is 10.5. The molecule has 2 amide bonds. The summed E-state index contributed by atoms with van der Waals surface area (Å²) in [5.41, 5.74) is 1.56. The van der Waals surface area contributed by atoms with Crippen LogP contribution in [-0.4, -0.2) is 18.9 Å². The topological polar surface area (TPSA) is 76.7 Å². The Bertz CT molecular complexity index is 1650. The molecule has 4 aromatic rings. The molecule has 2 aliphatic rings. The average molecular weight is 638 g/mol. The van der Waals surface area contributed by atoms with Crippen LogP contribution in [0.1, 0.15) is 35.1 Å². The van der Waals surface area contributed by atoms with Crippen LogP contribution in [0.25, 0.3) is 0 Å². The lowest BCUT2D eigenvalue weighted by atomic mass is 9.59. The smallest absolute Gasteiger partial charge is 0.238 e. The largest absolute Gasteiger partial charge is 0.497 e. The van der Waals surface area contributed by atoms with Crippen LogP contribution in [0.5, 0.6) is 17.2 Å². The van der Waals surface area contributed by atoms with Gasteiger partial charge >= 0.3 is 0 Å². The van der Waals surface area contributed by atoms with Gasteiger partial charge in [-0.05, 0) is 77.9 Å². The number of hydrogen-bond donors (Lipinski definition) is 2. The molecular weight excluding hydrogens is 615 g/mol. The fourth-order valence-corrected chi connectivity index (χ4v) is 6.63. The summed E-state index contributed by atoms with van der Waals surface area (Å²) in [6.07, 6.45) is 0.0923. The van der Waals surface area contributed by atoms with Crippen molar-refractivity contribution in [3.63, 3.8) is 0 Å². The SMILES string of the molecule is COc1ccc(Oc2ccc(Br)cc2[C@H]2NC(=O)C[C@@H](c3cccc(Cl)c3)[C@]23C(=O)Nc2cc(Cl)ccc23)cc1. The van der Waals surface area contributed by atoms with Gasteiger partial charge in [0, 0.05) is 38.1 Å². The van der Waals surface area contributed by atoms with Gasteiger partial charge in [0.15, 0.2) is 0 Å². The molecular formula is C31H23BrCl2N2O4. The van der Waals surface area contributed by atoms with E-state index in [2.05, 4.69) is 26.6 Å². The maximum absolute atomic E-state index is 14.3. The maximum Gasteiger partial charge on any atom is 0.238 e. The summed E-state index contributed by atoms with van der Waals surface area (Å²) in [4.78, 5) is 27.7. The van der Waals surface area contributed by atoms with Crippen molar-refractivity contribution >= 4 is 56.6 Å². The molecule has 0 radical (unpaired) electrons. The van der Waals surface area contributed by atoms with E-state index in [9.17, 15) is 9.59 Å². The third-order valence-electron chi connectivity index (χ3n) is 7.57. The summed E-state index contributed by atoms with van der Waals surface area (Å²) < 4.78 is 12.4. The quantitative estimate of drug-likeness (QED) is 0.234. The number of rotatable bonds is 5. The van der Waals surface area contributed by atoms with Gasteiger partial charge in [0.25, 0.3) is 0 Å². The zero-order chi connectivity index (χ0) is 28.0. The lowest BCUT2D eigenvalue weighted by Crippen LogP contribution is -2.56. The monoisotopic (exact) mass is 636 g/mol. The van der Waals surface area contributed by atoms with E-state index in [1.807, 2.05) is 42.5 Å². The Morgan fingerprint density at radius 3 is 2.40 bits per heavy atom. The van der Waals surface area contributed by atoms with Gasteiger partial charge in [-0.1, -0.05) is 57.3 Å². The predicted octanol–water partition coefficient (Wildman–Crippen LogP) is 7.79. The average Bonchev–Trinajstić information content (AvgIpc) is 3.22. The molecule has 0 aliphatic carbocycles. The minimum absolute atomic E-state index is 0.0923. The highest BCUT2D eigenvalue weighted by atomic mass is 79.9. The van der Waals surface area contributed by atoms with E-state index in [1.165, 1.54) is 0 Å². The first kappa shape index (κ1) is 26.7. The van der Waals surface area contributed by atoms with Crippen LogP contribution in [0, 0.1) is 0 Å². The molecule has 2 heterocycles. The molecule has 1 fully saturated rings. The third-order valence-corrected chi connectivity index (χ3v) is 8.54. The van der Waals surface area contributed by atoms with Crippen molar-refractivity contribution in [2.75, 3.05) is 12.4 Å². The summed E-state index contributed by atoms with van der Waals surface area (Å²) in [6, 6.07) is 24.7. The number of hydrogen-bond acceptors (Lipinski definition) is 4. The van der Waals surface area contributed by atoms with E-state index >= 15 is 0 Å². The molecule has 9 heteroatoms. The number of anilines is 1. The molecule has 0 aromatic heterocycles. The number of carbonyl (C=O) groups excluding carboxylic acids is 2. The van der Waals surface area contributed by atoms with Crippen LogP contribution in [0.2, 0.25) is 10.0 Å². The Morgan fingerprint density at radius 1 is 0.900 bits per heavy atom. The van der Waals surface area contributed by atoms with Crippen molar-refractivity contribution in [1.29, 1.82) is 0 Å². The summed E-state index contributed by atoms with van der Waals surface area (Å²) in [5, 5.41) is 7.22. The Kier molecular flexibility index (Phi) is 6.98. The maximum atomic E-state index is 14.3. The number of carbonyl (C=O) groups is 2. The van der Waals surface area contributed by atoms with E-state index in [1.54, 1.807) is 49.6 Å². The first-order chi connectivity index (χ1) is 19.3. The first-order valence-electron chi connectivity index (χ1n) is 12.6. The van der Waals surface area contributed by atoms with Crippen molar-refractivity contribution in [3.8, 4) is 17.2 Å². The fourth-order valence-electron chi connectivity index (χ4n) is 5.88. The Balaban J connectivity index is 1.58. The van der Waals surface area contributed by atoms with E-state index in [0.717, 1.165) is 15.6 Å².